The summed E-state index contributed by atoms with van der Waals surface area (Å²) in [6, 6.07) is 0. The second-order valence-electron chi connectivity index (χ2n) is 5.48. The summed E-state index contributed by atoms with van der Waals surface area (Å²) in [5, 5.41) is 9.22. The molecule has 1 saturated heterocycles. The summed E-state index contributed by atoms with van der Waals surface area (Å²) in [5.41, 5.74) is 0. The predicted octanol–water partition coefficient (Wildman–Crippen LogP) is -0.548. The molecule has 0 aliphatic carbocycles. The minimum Gasteiger partial charge on any atom is -0.463 e. The zero-order chi connectivity index (χ0) is 19.1. The molecule has 10 heteroatoms. The van der Waals surface area contributed by atoms with E-state index in [2.05, 4.69) is 0 Å². The molecular weight excluding hydrogens is 340 g/mol. The third-order valence-electron chi connectivity index (χ3n) is 3.14. The van der Waals surface area contributed by atoms with E-state index >= 15 is 0 Å². The molecule has 0 amide bonds. The molecule has 1 N–H and O–H groups in total. The Morgan fingerprint density at radius 2 is 1.64 bits per heavy atom. The largest absolute Gasteiger partial charge is 0.463 e. The van der Waals surface area contributed by atoms with Crippen LogP contribution in [0.1, 0.15) is 34.1 Å². The van der Waals surface area contributed by atoms with E-state index in [9.17, 15) is 24.3 Å². The van der Waals surface area contributed by atoms with Crippen molar-refractivity contribution in [2.24, 2.45) is 0 Å². The fourth-order valence-electron chi connectivity index (χ4n) is 2.20. The monoisotopic (exact) mass is 362 g/mol. The van der Waals surface area contributed by atoms with Crippen molar-refractivity contribution >= 4 is 23.9 Å². The van der Waals surface area contributed by atoms with Gasteiger partial charge in [-0.05, 0) is 6.92 Å². The van der Waals surface area contributed by atoms with Gasteiger partial charge in [0.15, 0.2) is 6.10 Å². The summed E-state index contributed by atoms with van der Waals surface area (Å²) < 4.78 is 25.6. The van der Waals surface area contributed by atoms with E-state index in [1.54, 1.807) is 0 Å². The SMILES string of the molecule is CC(=O)OC[C@H]1O[C@@H](OC(=O)C(C)O)C[C@@H](OC(C)=O)[C@@H]1OC(C)=O. The van der Waals surface area contributed by atoms with Crippen LogP contribution in [0.15, 0.2) is 0 Å². The van der Waals surface area contributed by atoms with Crippen LogP contribution in [-0.4, -0.2) is 66.3 Å². The molecule has 1 rings (SSSR count). The summed E-state index contributed by atoms with van der Waals surface area (Å²) in [7, 11) is 0. The number of hydrogen-bond acceptors (Lipinski definition) is 10. The van der Waals surface area contributed by atoms with Crippen molar-refractivity contribution in [1.82, 2.24) is 0 Å². The van der Waals surface area contributed by atoms with Crippen LogP contribution >= 0.6 is 0 Å². The number of esters is 4. The smallest absolute Gasteiger partial charge is 0.336 e. The summed E-state index contributed by atoms with van der Waals surface area (Å²) in [5.74, 6) is -2.84. The molecule has 1 fully saturated rings. The molecule has 0 radical (unpaired) electrons. The Morgan fingerprint density at radius 1 is 1.04 bits per heavy atom. The van der Waals surface area contributed by atoms with E-state index in [0.717, 1.165) is 13.8 Å². The van der Waals surface area contributed by atoms with Crippen molar-refractivity contribution in [1.29, 1.82) is 0 Å². The van der Waals surface area contributed by atoms with Crippen molar-refractivity contribution in [2.45, 2.75) is 64.8 Å². The van der Waals surface area contributed by atoms with Crippen LogP contribution in [0, 0.1) is 0 Å². The molecule has 25 heavy (non-hydrogen) atoms. The average Bonchev–Trinajstić information content (AvgIpc) is 2.46. The van der Waals surface area contributed by atoms with Crippen LogP contribution in [0.4, 0.5) is 0 Å². The second kappa shape index (κ2) is 9.33. The third-order valence-corrected chi connectivity index (χ3v) is 3.14. The van der Waals surface area contributed by atoms with E-state index < -0.39 is 54.6 Å². The number of carbonyl (C=O) groups excluding carboxylic acids is 4. The summed E-state index contributed by atoms with van der Waals surface area (Å²) in [6.07, 6.45) is -5.75. The average molecular weight is 362 g/mol. The van der Waals surface area contributed by atoms with Crippen LogP contribution in [0.5, 0.6) is 0 Å². The lowest BCUT2D eigenvalue weighted by Gasteiger charge is -2.39. The van der Waals surface area contributed by atoms with Crippen LogP contribution in [0.2, 0.25) is 0 Å². The Bertz CT molecular complexity index is 514. The maximum absolute atomic E-state index is 11.5. The van der Waals surface area contributed by atoms with Crippen molar-refractivity contribution < 1.29 is 48.0 Å². The van der Waals surface area contributed by atoms with Crippen molar-refractivity contribution in [3.05, 3.63) is 0 Å². The topological polar surface area (TPSA) is 135 Å². The first-order valence-electron chi connectivity index (χ1n) is 7.62. The van der Waals surface area contributed by atoms with E-state index in [0.29, 0.717) is 0 Å². The van der Waals surface area contributed by atoms with Gasteiger partial charge >= 0.3 is 23.9 Å². The molecular formula is C15H22O10. The molecule has 0 aromatic carbocycles. The first-order chi connectivity index (χ1) is 11.6. The minimum absolute atomic E-state index is 0.118. The molecule has 0 saturated carbocycles. The maximum Gasteiger partial charge on any atom is 0.336 e. The summed E-state index contributed by atoms with van der Waals surface area (Å²) >= 11 is 0. The van der Waals surface area contributed by atoms with Crippen LogP contribution in [0.3, 0.4) is 0 Å². The van der Waals surface area contributed by atoms with Gasteiger partial charge < -0.3 is 28.8 Å². The number of ether oxygens (including phenoxy) is 5. The van der Waals surface area contributed by atoms with Crippen molar-refractivity contribution in [3.63, 3.8) is 0 Å². The number of rotatable bonds is 6. The van der Waals surface area contributed by atoms with E-state index in [1.165, 1.54) is 13.8 Å². The summed E-state index contributed by atoms with van der Waals surface area (Å²) in [4.78, 5) is 45.2. The van der Waals surface area contributed by atoms with Gasteiger partial charge in [-0.3, -0.25) is 14.4 Å². The zero-order valence-electron chi connectivity index (χ0n) is 14.4. The lowest BCUT2D eigenvalue weighted by molar-refractivity contribution is -0.262. The molecule has 142 valence electrons. The molecule has 1 aliphatic heterocycles. The Hall–Kier alpha value is -2.20. The van der Waals surface area contributed by atoms with Crippen LogP contribution < -0.4 is 0 Å². The molecule has 0 bridgehead atoms. The van der Waals surface area contributed by atoms with Gasteiger partial charge in [-0.15, -0.1) is 0 Å². The Kier molecular flexibility index (Phi) is 7.78. The van der Waals surface area contributed by atoms with E-state index in [4.69, 9.17) is 23.7 Å². The Morgan fingerprint density at radius 3 is 2.12 bits per heavy atom. The molecule has 1 heterocycles. The van der Waals surface area contributed by atoms with E-state index in [1.807, 2.05) is 0 Å². The number of aliphatic hydroxyl groups is 1. The van der Waals surface area contributed by atoms with Gasteiger partial charge in [-0.2, -0.15) is 0 Å². The first kappa shape index (κ1) is 20.8. The zero-order valence-corrected chi connectivity index (χ0v) is 14.4. The highest BCUT2D eigenvalue weighted by atomic mass is 16.7. The van der Waals surface area contributed by atoms with E-state index in [-0.39, 0.29) is 13.0 Å². The van der Waals surface area contributed by atoms with Crippen LogP contribution in [-0.2, 0) is 42.9 Å². The quantitative estimate of drug-likeness (QED) is 0.484. The Balaban J connectivity index is 2.97. The standard InChI is InChI=1S/C15H22O10/c1-7(16)15(20)25-13-5-11(22-9(3)18)14(23-10(4)19)12(24-13)6-21-8(2)17/h7,11-14,16H,5-6H2,1-4H3/t7?,11-,12-,13+,14+/m1/s1. The van der Waals surface area contributed by atoms with Crippen molar-refractivity contribution in [3.8, 4) is 0 Å². The minimum atomic E-state index is -1.38. The second-order valence-corrected chi connectivity index (χ2v) is 5.48. The highest BCUT2D eigenvalue weighted by Gasteiger charge is 2.45. The number of aliphatic hydroxyl groups excluding tert-OH is 1. The molecule has 1 aliphatic rings. The number of hydrogen-bond donors (Lipinski definition) is 1. The van der Waals surface area contributed by atoms with Gasteiger partial charge in [-0.1, -0.05) is 0 Å². The predicted molar refractivity (Wildman–Crippen MR) is 78.8 cm³/mol. The Labute approximate surface area is 144 Å². The third kappa shape index (κ3) is 7.06. The van der Waals surface area contributed by atoms with Gasteiger partial charge in [0.25, 0.3) is 0 Å². The van der Waals surface area contributed by atoms with Gasteiger partial charge in [0.2, 0.25) is 6.29 Å². The van der Waals surface area contributed by atoms with Gasteiger partial charge in [-0.25, -0.2) is 4.79 Å². The van der Waals surface area contributed by atoms with Crippen LogP contribution in [0.25, 0.3) is 0 Å². The molecule has 1 unspecified atom stereocenters. The number of carbonyl (C=O) groups is 4. The lowest BCUT2D eigenvalue weighted by Crippen LogP contribution is -2.54. The normalized spacial score (nSPS) is 26.9. The van der Waals surface area contributed by atoms with Crippen molar-refractivity contribution in [2.75, 3.05) is 6.61 Å². The maximum atomic E-state index is 11.5. The van der Waals surface area contributed by atoms with Gasteiger partial charge in [0, 0.05) is 20.8 Å². The van der Waals surface area contributed by atoms with Gasteiger partial charge in [0.05, 0.1) is 6.42 Å². The molecule has 10 nitrogen and oxygen atoms in total. The van der Waals surface area contributed by atoms with Gasteiger partial charge in [0.1, 0.15) is 24.9 Å². The fraction of sp³-hybridized carbons (Fsp3) is 0.733. The fourth-order valence-corrected chi connectivity index (χ4v) is 2.20. The molecule has 0 spiro atoms. The molecule has 0 aromatic heterocycles. The lowest BCUT2D eigenvalue weighted by atomic mass is 10.0. The molecule has 0 aromatic rings. The highest BCUT2D eigenvalue weighted by molar-refractivity contribution is 5.74. The first-order valence-corrected chi connectivity index (χ1v) is 7.62. The molecule has 5 atom stereocenters. The highest BCUT2D eigenvalue weighted by Crippen LogP contribution is 2.27. The summed E-state index contributed by atoms with van der Waals surface area (Å²) in [6.45, 7) is 4.41.